The lowest BCUT2D eigenvalue weighted by Crippen LogP contribution is -2.30. The summed E-state index contributed by atoms with van der Waals surface area (Å²) in [6, 6.07) is 0. The number of esters is 4. The molecule has 0 bridgehead atoms. The molecule has 0 saturated heterocycles. The summed E-state index contributed by atoms with van der Waals surface area (Å²) in [5.74, 6) is -2.43. The van der Waals surface area contributed by atoms with Gasteiger partial charge in [-0.25, -0.2) is 9.13 Å². The Morgan fingerprint density at radius 3 is 0.782 bits per heavy atom. The van der Waals surface area contributed by atoms with Crippen molar-refractivity contribution in [2.45, 2.75) is 277 Å². The Morgan fingerprint density at radius 2 is 0.473 bits per heavy atom. The van der Waals surface area contributed by atoms with Crippen LogP contribution in [-0.4, -0.2) is 96.7 Å². The average Bonchev–Trinajstić information content (AvgIpc) is 0.906. The highest BCUT2D eigenvalue weighted by molar-refractivity contribution is 7.47. The van der Waals surface area contributed by atoms with E-state index in [-0.39, 0.29) is 25.7 Å². The summed E-state index contributed by atoms with van der Waals surface area (Å²) < 4.78 is 68.5. The summed E-state index contributed by atoms with van der Waals surface area (Å²) in [5.41, 5.74) is 0. The van der Waals surface area contributed by atoms with Crippen LogP contribution in [0.2, 0.25) is 0 Å². The second-order valence-electron chi connectivity index (χ2n) is 25.8. The SMILES string of the molecule is CC/C=C\C/C=C\C/C=C\C/C=C\C/C=C\C/C=C\CCC(=O)OCC(COP(=O)(O)OCC(O)COP(=O)(O)OCC(COC(=O)CCCCC/C=C\C/C=C\C/C=C\C/C=C\C/C=C\CC)OC(=O)CCCCCCC/C=C\C/C=C\C/C=C\CC)OC(=O)CCC/C=C\C/C=C\C/C=C\C/C=C\C/C=C\CC. The third-order valence-electron chi connectivity index (χ3n) is 15.6. The Bertz CT molecular complexity index is 3000. The number of phosphoric acid groups is 2. The highest BCUT2D eigenvalue weighted by atomic mass is 31.2. The highest BCUT2D eigenvalue weighted by Gasteiger charge is 2.30. The maximum Gasteiger partial charge on any atom is 0.472 e. The van der Waals surface area contributed by atoms with Gasteiger partial charge in [0.25, 0.3) is 0 Å². The van der Waals surface area contributed by atoms with Crippen molar-refractivity contribution in [2.75, 3.05) is 39.6 Å². The number of unbranched alkanes of at least 4 members (excludes halogenated alkanes) is 9. The summed E-state index contributed by atoms with van der Waals surface area (Å²) in [6.45, 7) is 4.17. The van der Waals surface area contributed by atoms with E-state index in [1.807, 2.05) is 30.4 Å². The van der Waals surface area contributed by atoms with Crippen LogP contribution in [0.4, 0.5) is 0 Å². The van der Waals surface area contributed by atoms with E-state index >= 15 is 0 Å². The van der Waals surface area contributed by atoms with Gasteiger partial charge in [0.05, 0.1) is 26.4 Å². The fraction of sp³-hybridized carbons (Fsp3) is 0.538. The maximum absolute atomic E-state index is 13.1. The van der Waals surface area contributed by atoms with Crippen molar-refractivity contribution in [1.82, 2.24) is 0 Å². The lowest BCUT2D eigenvalue weighted by molar-refractivity contribution is -0.161. The zero-order chi connectivity index (χ0) is 80.3. The van der Waals surface area contributed by atoms with E-state index in [4.69, 9.17) is 37.0 Å². The molecule has 0 aliphatic carbocycles. The predicted molar refractivity (Wildman–Crippen MR) is 454 cm³/mol. The van der Waals surface area contributed by atoms with E-state index in [0.29, 0.717) is 38.5 Å². The standard InChI is InChI=1S/C91H140O17P2/c1-5-9-13-17-21-25-29-33-37-40-42-45-48-51-55-59-63-67-71-75-88(93)101-81-86(107-90(95)77-73-69-65-61-57-53-47-36-32-28-24-20-16-12-8-4)83-105-109(97,98)103-79-85(92)80-104-110(99,100)106-84-87(108-91(96)78-74-70-66-62-58-54-50-44-39-35-31-27-23-19-15-11-7-3)82-102-89(94)76-72-68-64-60-56-52-49-46-43-41-38-34-30-26-22-18-14-10-6-2/h9-16,21-28,33-39,42-43,45-47,50-52,54-56,62,64,66,68,85-87,92H,5-8,17-20,29-32,40-41,44,48-49,53,57-61,63,65,67,69-84H2,1-4H3,(H,97,98)(H,99,100)/b13-9-,14-10-,15-11-,16-12-,25-21-,26-22-,27-23-,28-24-,37-33-,38-34-,39-35-,45-42-,46-43-,47-36-,54-50-,55-51-,56-52-,66-62-,68-64-. The molecule has 5 atom stereocenters. The van der Waals surface area contributed by atoms with E-state index < -0.39 is 97.5 Å². The smallest absolute Gasteiger partial charge is 0.462 e. The Labute approximate surface area is 664 Å². The zero-order valence-corrected chi connectivity index (χ0v) is 69.1. The van der Waals surface area contributed by atoms with Crippen molar-refractivity contribution in [3.05, 3.63) is 231 Å². The van der Waals surface area contributed by atoms with Gasteiger partial charge in [0, 0.05) is 25.7 Å². The molecule has 0 rings (SSSR count). The second-order valence-corrected chi connectivity index (χ2v) is 28.7. The molecule has 616 valence electrons. The summed E-state index contributed by atoms with van der Waals surface area (Å²) in [6.07, 6.45) is 103. The Balaban J connectivity index is 5.57. The van der Waals surface area contributed by atoms with Gasteiger partial charge >= 0.3 is 39.5 Å². The van der Waals surface area contributed by atoms with Gasteiger partial charge in [-0.1, -0.05) is 284 Å². The number of allylic oxidation sites excluding steroid dienone is 38. The fourth-order valence-electron chi connectivity index (χ4n) is 9.61. The Hall–Kier alpha value is -6.88. The lowest BCUT2D eigenvalue weighted by Gasteiger charge is -2.21. The molecule has 0 aliphatic rings. The van der Waals surface area contributed by atoms with Gasteiger partial charge in [0.2, 0.25) is 0 Å². The number of ether oxygens (including phenoxy) is 4. The molecule has 0 aromatic carbocycles. The first-order chi connectivity index (χ1) is 53.7. The fourth-order valence-corrected chi connectivity index (χ4v) is 11.2. The summed E-state index contributed by atoms with van der Waals surface area (Å²) in [5, 5.41) is 10.7. The molecule has 0 saturated carbocycles. The molecule has 0 aromatic heterocycles. The van der Waals surface area contributed by atoms with E-state index in [2.05, 4.69) is 228 Å². The summed E-state index contributed by atoms with van der Waals surface area (Å²) in [7, 11) is -10.0. The number of carbonyl (C=O) groups is 4. The van der Waals surface area contributed by atoms with E-state index in [1.165, 1.54) is 0 Å². The van der Waals surface area contributed by atoms with Crippen molar-refractivity contribution < 1.29 is 80.2 Å². The third-order valence-corrected chi connectivity index (χ3v) is 17.5. The lowest BCUT2D eigenvalue weighted by atomic mass is 10.1. The van der Waals surface area contributed by atoms with Crippen molar-refractivity contribution in [3.8, 4) is 0 Å². The van der Waals surface area contributed by atoms with Crippen LogP contribution in [0.1, 0.15) is 259 Å². The van der Waals surface area contributed by atoms with Gasteiger partial charge in [-0.05, 0) is 180 Å². The first kappa shape index (κ1) is 103. The zero-order valence-electron chi connectivity index (χ0n) is 67.3. The number of hydrogen-bond donors (Lipinski definition) is 3. The number of phosphoric ester groups is 2. The molecular weight excluding hydrogens is 1430 g/mol. The van der Waals surface area contributed by atoms with E-state index in [0.717, 1.165) is 167 Å². The molecular formula is C91H140O17P2. The number of carbonyl (C=O) groups excluding carboxylic acids is 4. The molecule has 19 heteroatoms. The average molecular weight is 1570 g/mol. The normalized spacial score (nSPS) is 15.0. The van der Waals surface area contributed by atoms with Crippen LogP contribution in [0, 0.1) is 0 Å². The van der Waals surface area contributed by atoms with Crippen molar-refractivity contribution in [3.63, 3.8) is 0 Å². The van der Waals surface area contributed by atoms with Gasteiger partial charge in [0.1, 0.15) is 19.3 Å². The molecule has 0 radical (unpaired) electrons. The molecule has 3 N–H and O–H groups in total. The van der Waals surface area contributed by atoms with Gasteiger partial charge in [0.15, 0.2) is 12.2 Å². The molecule has 0 heterocycles. The number of aliphatic hydroxyl groups is 1. The van der Waals surface area contributed by atoms with Gasteiger partial charge in [-0.15, -0.1) is 0 Å². The van der Waals surface area contributed by atoms with Crippen LogP contribution in [0.3, 0.4) is 0 Å². The Morgan fingerprint density at radius 1 is 0.255 bits per heavy atom. The molecule has 0 aromatic rings. The van der Waals surface area contributed by atoms with Gasteiger partial charge in [-0.3, -0.25) is 37.3 Å². The molecule has 0 fully saturated rings. The van der Waals surface area contributed by atoms with Crippen molar-refractivity contribution in [1.29, 1.82) is 0 Å². The first-order valence-electron chi connectivity index (χ1n) is 40.6. The van der Waals surface area contributed by atoms with Crippen LogP contribution in [0.25, 0.3) is 0 Å². The monoisotopic (exact) mass is 1570 g/mol. The molecule has 110 heavy (non-hydrogen) atoms. The second kappa shape index (κ2) is 80.2. The minimum Gasteiger partial charge on any atom is -0.462 e. The number of aliphatic hydroxyl groups excluding tert-OH is 1. The molecule has 17 nitrogen and oxygen atoms in total. The molecule has 0 spiro atoms. The highest BCUT2D eigenvalue weighted by Crippen LogP contribution is 2.45. The van der Waals surface area contributed by atoms with Crippen LogP contribution in [0.5, 0.6) is 0 Å². The molecule has 5 unspecified atom stereocenters. The van der Waals surface area contributed by atoms with Crippen LogP contribution in [-0.2, 0) is 65.4 Å². The van der Waals surface area contributed by atoms with Gasteiger partial charge in [-0.2, -0.15) is 0 Å². The quantitative estimate of drug-likeness (QED) is 0.0169. The minimum atomic E-state index is -5.03. The number of hydrogen-bond acceptors (Lipinski definition) is 15. The Kier molecular flexibility index (Phi) is 75.2. The van der Waals surface area contributed by atoms with Crippen LogP contribution in [0.15, 0.2) is 231 Å². The van der Waals surface area contributed by atoms with Crippen molar-refractivity contribution in [2.24, 2.45) is 0 Å². The largest absolute Gasteiger partial charge is 0.472 e. The summed E-state index contributed by atoms with van der Waals surface area (Å²) >= 11 is 0. The molecule has 0 amide bonds. The predicted octanol–water partition coefficient (Wildman–Crippen LogP) is 24.2. The topological polar surface area (TPSA) is 237 Å². The van der Waals surface area contributed by atoms with E-state index in [9.17, 15) is 43.2 Å². The van der Waals surface area contributed by atoms with Gasteiger partial charge < -0.3 is 33.8 Å². The third kappa shape index (κ3) is 79.2. The maximum atomic E-state index is 13.1. The first-order valence-corrected chi connectivity index (χ1v) is 43.6. The molecule has 0 aliphatic heterocycles. The van der Waals surface area contributed by atoms with Crippen LogP contribution >= 0.6 is 15.6 Å². The summed E-state index contributed by atoms with van der Waals surface area (Å²) in [4.78, 5) is 73.1. The van der Waals surface area contributed by atoms with E-state index in [1.54, 1.807) is 0 Å². The van der Waals surface area contributed by atoms with Crippen molar-refractivity contribution >= 4 is 39.5 Å². The van der Waals surface area contributed by atoms with Crippen LogP contribution < -0.4 is 0 Å². The minimum absolute atomic E-state index is 0.0110. The number of rotatable bonds is 73.